The fraction of sp³-hybridized carbons (Fsp3) is 0.571. The van der Waals surface area contributed by atoms with Gasteiger partial charge in [0.05, 0.1) is 6.61 Å². The van der Waals surface area contributed by atoms with Crippen molar-refractivity contribution in [1.82, 2.24) is 0 Å². The average molecular weight is 341 g/mol. The van der Waals surface area contributed by atoms with Crippen molar-refractivity contribution in [3.05, 3.63) is 23.8 Å². The molecule has 0 radical (unpaired) electrons. The van der Waals surface area contributed by atoms with Gasteiger partial charge in [0.1, 0.15) is 4.90 Å². The number of rotatable bonds is 9. The third-order valence-electron chi connectivity index (χ3n) is 3.03. The normalized spacial score (nSPS) is 11.6. The lowest BCUT2D eigenvalue weighted by molar-refractivity contribution is 0.283. The van der Waals surface area contributed by atoms with Gasteiger partial charge in [-0.25, -0.2) is 12.8 Å². The van der Waals surface area contributed by atoms with Crippen LogP contribution in [0.1, 0.15) is 45.4 Å². The Hall–Kier alpha value is -0.880. The molecular weight excluding hydrogens is 322 g/mol. The van der Waals surface area contributed by atoms with Crippen molar-refractivity contribution in [2.45, 2.75) is 50.3 Å². The summed E-state index contributed by atoms with van der Waals surface area (Å²) >= 11 is 0. The molecule has 0 aromatic heterocycles. The smallest absolute Gasteiger partial charge is 0.264 e. The fourth-order valence-electron chi connectivity index (χ4n) is 1.88. The molecule has 1 rings (SSSR count). The molecule has 0 saturated heterocycles. The first-order valence-electron chi connectivity index (χ1n) is 6.93. The van der Waals surface area contributed by atoms with E-state index in [0.717, 1.165) is 44.2 Å². The zero-order valence-electron chi connectivity index (χ0n) is 11.9. The molecule has 1 aromatic rings. The molecule has 0 unspecified atom stereocenters. The largest absolute Gasteiger partial charge is 0.490 e. The van der Waals surface area contributed by atoms with Gasteiger partial charge in [0.25, 0.3) is 9.05 Å². The molecule has 0 amide bonds. The number of ether oxygens (including phenoxy) is 1. The maximum atomic E-state index is 13.6. The van der Waals surface area contributed by atoms with E-state index in [1.807, 2.05) is 0 Å². The van der Waals surface area contributed by atoms with E-state index in [1.165, 1.54) is 6.42 Å². The molecule has 0 aliphatic heterocycles. The molecular formula is C14H19ClF2O3S. The summed E-state index contributed by atoms with van der Waals surface area (Å²) < 4.78 is 54.4. The van der Waals surface area contributed by atoms with E-state index in [0.29, 0.717) is 0 Å². The molecule has 0 saturated carbocycles. The van der Waals surface area contributed by atoms with Gasteiger partial charge >= 0.3 is 0 Å². The number of hydrogen-bond donors (Lipinski definition) is 0. The summed E-state index contributed by atoms with van der Waals surface area (Å²) in [6.07, 6.45) is 6.28. The number of halogens is 3. The molecule has 0 bridgehead atoms. The van der Waals surface area contributed by atoms with Crippen LogP contribution < -0.4 is 4.74 Å². The second-order valence-electron chi connectivity index (χ2n) is 4.74. The summed E-state index contributed by atoms with van der Waals surface area (Å²) in [6.45, 7) is 2.39. The van der Waals surface area contributed by atoms with Gasteiger partial charge in [0.15, 0.2) is 11.6 Å². The highest BCUT2D eigenvalue weighted by molar-refractivity contribution is 8.13. The molecule has 0 atom stereocenters. The first-order valence-corrected chi connectivity index (χ1v) is 9.24. The monoisotopic (exact) mass is 340 g/mol. The lowest BCUT2D eigenvalue weighted by atomic mass is 10.1. The van der Waals surface area contributed by atoms with Crippen LogP contribution in [-0.4, -0.2) is 15.0 Å². The van der Waals surface area contributed by atoms with Crippen LogP contribution >= 0.6 is 10.7 Å². The van der Waals surface area contributed by atoms with Crippen LogP contribution in [0.2, 0.25) is 0 Å². The van der Waals surface area contributed by atoms with E-state index in [-0.39, 0.29) is 12.4 Å². The summed E-state index contributed by atoms with van der Waals surface area (Å²) in [5, 5.41) is 0. The first kappa shape index (κ1) is 18.2. The second kappa shape index (κ2) is 8.54. The van der Waals surface area contributed by atoms with E-state index in [9.17, 15) is 17.2 Å². The maximum Gasteiger partial charge on any atom is 0.264 e. The minimum Gasteiger partial charge on any atom is -0.490 e. The Bertz CT molecular complexity index is 562. The van der Waals surface area contributed by atoms with Crippen molar-refractivity contribution in [2.24, 2.45) is 0 Å². The summed E-state index contributed by atoms with van der Waals surface area (Å²) in [5.74, 6) is -3.14. The average Bonchev–Trinajstić information content (AvgIpc) is 2.41. The van der Waals surface area contributed by atoms with Crippen LogP contribution in [0.3, 0.4) is 0 Å². The highest BCUT2D eigenvalue weighted by Gasteiger charge is 2.22. The van der Waals surface area contributed by atoms with Crippen LogP contribution in [0.4, 0.5) is 8.78 Å². The van der Waals surface area contributed by atoms with Crippen LogP contribution in [0, 0.1) is 11.6 Å². The Balaban J connectivity index is 2.52. The second-order valence-corrected chi connectivity index (χ2v) is 7.28. The maximum absolute atomic E-state index is 13.6. The molecule has 0 heterocycles. The minimum atomic E-state index is -4.31. The van der Waals surface area contributed by atoms with Crippen molar-refractivity contribution < 1.29 is 21.9 Å². The van der Waals surface area contributed by atoms with Gasteiger partial charge in [0.2, 0.25) is 5.82 Å². The Labute approximate surface area is 128 Å². The number of hydrogen-bond acceptors (Lipinski definition) is 3. The van der Waals surface area contributed by atoms with E-state index in [1.54, 1.807) is 0 Å². The lowest BCUT2D eigenvalue weighted by Crippen LogP contribution is -2.04. The molecule has 1 aromatic carbocycles. The van der Waals surface area contributed by atoms with Crippen molar-refractivity contribution >= 4 is 19.7 Å². The van der Waals surface area contributed by atoms with Gasteiger partial charge in [-0.3, -0.25) is 0 Å². The Kier molecular flexibility index (Phi) is 7.39. The van der Waals surface area contributed by atoms with E-state index in [2.05, 4.69) is 6.92 Å². The van der Waals surface area contributed by atoms with Crippen molar-refractivity contribution in [1.29, 1.82) is 0 Å². The predicted molar refractivity (Wildman–Crippen MR) is 78.3 cm³/mol. The molecule has 120 valence electrons. The van der Waals surface area contributed by atoms with Crippen molar-refractivity contribution in [2.75, 3.05) is 6.61 Å². The van der Waals surface area contributed by atoms with Gasteiger partial charge in [-0.15, -0.1) is 0 Å². The SMILES string of the molecule is CCCCCCCCOc1ccc(S(=O)(=O)Cl)c(F)c1F. The Morgan fingerprint density at radius 2 is 1.67 bits per heavy atom. The van der Waals surface area contributed by atoms with Crippen LogP contribution in [-0.2, 0) is 9.05 Å². The third-order valence-corrected chi connectivity index (χ3v) is 4.37. The van der Waals surface area contributed by atoms with E-state index in [4.69, 9.17) is 15.4 Å². The van der Waals surface area contributed by atoms with Gasteiger partial charge in [-0.2, -0.15) is 4.39 Å². The first-order chi connectivity index (χ1) is 9.88. The third kappa shape index (κ3) is 5.79. The van der Waals surface area contributed by atoms with Crippen molar-refractivity contribution in [3.63, 3.8) is 0 Å². The molecule has 0 N–H and O–H groups in total. The lowest BCUT2D eigenvalue weighted by Gasteiger charge is -2.09. The van der Waals surface area contributed by atoms with Crippen molar-refractivity contribution in [3.8, 4) is 5.75 Å². The zero-order valence-corrected chi connectivity index (χ0v) is 13.4. The molecule has 21 heavy (non-hydrogen) atoms. The Morgan fingerprint density at radius 3 is 2.29 bits per heavy atom. The van der Waals surface area contributed by atoms with Gasteiger partial charge in [-0.1, -0.05) is 39.0 Å². The zero-order chi connectivity index (χ0) is 15.9. The fourth-order valence-corrected chi connectivity index (χ4v) is 2.77. The molecule has 0 aliphatic rings. The summed E-state index contributed by atoms with van der Waals surface area (Å²) in [5.41, 5.74) is 0. The van der Waals surface area contributed by atoms with Gasteiger partial charge in [0, 0.05) is 10.7 Å². The topological polar surface area (TPSA) is 43.4 Å². The highest BCUT2D eigenvalue weighted by atomic mass is 35.7. The van der Waals surface area contributed by atoms with Crippen LogP contribution in [0.5, 0.6) is 5.75 Å². The standard InChI is InChI=1S/C14H19ClF2O3S/c1-2-3-4-5-6-7-10-20-11-8-9-12(21(15,18)19)14(17)13(11)16/h8-9H,2-7,10H2,1H3. The number of benzene rings is 1. The Morgan fingerprint density at radius 1 is 1.05 bits per heavy atom. The number of unbranched alkanes of at least 4 members (excludes halogenated alkanes) is 5. The van der Waals surface area contributed by atoms with Gasteiger partial charge in [-0.05, 0) is 18.6 Å². The van der Waals surface area contributed by atoms with Crippen LogP contribution in [0.15, 0.2) is 17.0 Å². The summed E-state index contributed by atoms with van der Waals surface area (Å²) in [6, 6.07) is 1.97. The molecule has 7 heteroatoms. The van der Waals surface area contributed by atoms with Gasteiger partial charge < -0.3 is 4.74 Å². The predicted octanol–water partition coefficient (Wildman–Crippen LogP) is 4.63. The molecule has 0 spiro atoms. The van der Waals surface area contributed by atoms with Crippen LogP contribution in [0.25, 0.3) is 0 Å². The van der Waals surface area contributed by atoms with E-state index >= 15 is 0 Å². The summed E-state index contributed by atoms with van der Waals surface area (Å²) in [4.78, 5) is -0.881. The molecule has 0 fully saturated rings. The molecule has 0 aliphatic carbocycles. The summed E-state index contributed by atoms with van der Waals surface area (Å²) in [7, 11) is 0.691. The quantitative estimate of drug-likeness (QED) is 0.486. The van der Waals surface area contributed by atoms with E-state index < -0.39 is 25.6 Å². The minimum absolute atomic E-state index is 0.259. The molecule has 3 nitrogen and oxygen atoms in total. The highest BCUT2D eigenvalue weighted by Crippen LogP contribution is 2.27.